The lowest BCUT2D eigenvalue weighted by atomic mass is 10.2. The number of amides is 1. The Hall–Kier alpha value is -1.35. The molecule has 1 amide bonds. The van der Waals surface area contributed by atoms with Gasteiger partial charge in [0, 0.05) is 10.7 Å². The van der Waals surface area contributed by atoms with Crippen LogP contribution >= 0.6 is 22.6 Å². The van der Waals surface area contributed by atoms with Gasteiger partial charge in [0.25, 0.3) is 5.91 Å². The highest BCUT2D eigenvalue weighted by atomic mass is 127. The third-order valence-electron chi connectivity index (χ3n) is 2.43. The molecular weight excluding hydrogens is 365 g/mol. The molecule has 0 aromatic heterocycles. The molecule has 104 valence electrons. The average molecular weight is 379 g/mol. The molecule has 0 aliphatic heterocycles. The SMILES string of the molecule is COc1ccc(C(=O)NCC(OC)C(=O)O)c(I)c1. The highest BCUT2D eigenvalue weighted by Crippen LogP contribution is 2.19. The number of halogens is 1. The van der Waals surface area contributed by atoms with Gasteiger partial charge in [-0.2, -0.15) is 0 Å². The number of carbonyl (C=O) groups excluding carboxylic acids is 1. The summed E-state index contributed by atoms with van der Waals surface area (Å²) in [6.07, 6.45) is -1.06. The number of carboxylic acid groups (broad SMARTS) is 1. The van der Waals surface area contributed by atoms with E-state index >= 15 is 0 Å². The van der Waals surface area contributed by atoms with Gasteiger partial charge >= 0.3 is 5.97 Å². The summed E-state index contributed by atoms with van der Waals surface area (Å²) < 4.78 is 10.5. The Balaban J connectivity index is 2.71. The summed E-state index contributed by atoms with van der Waals surface area (Å²) >= 11 is 2.02. The number of rotatable bonds is 6. The van der Waals surface area contributed by atoms with Gasteiger partial charge in [-0.1, -0.05) is 0 Å². The minimum atomic E-state index is -1.12. The second-order valence-electron chi connectivity index (χ2n) is 3.62. The van der Waals surface area contributed by atoms with Crippen molar-refractivity contribution in [2.75, 3.05) is 20.8 Å². The summed E-state index contributed by atoms with van der Waals surface area (Å²) in [6, 6.07) is 5.01. The Morgan fingerprint density at radius 3 is 2.58 bits per heavy atom. The van der Waals surface area contributed by atoms with Gasteiger partial charge in [-0.05, 0) is 40.8 Å². The van der Waals surface area contributed by atoms with Gasteiger partial charge < -0.3 is 19.9 Å². The van der Waals surface area contributed by atoms with Crippen LogP contribution in [-0.4, -0.2) is 43.9 Å². The van der Waals surface area contributed by atoms with E-state index in [0.717, 1.165) is 3.57 Å². The van der Waals surface area contributed by atoms with Crippen molar-refractivity contribution in [2.45, 2.75) is 6.10 Å². The van der Waals surface area contributed by atoms with Gasteiger partial charge in [-0.15, -0.1) is 0 Å². The van der Waals surface area contributed by atoms with Gasteiger partial charge in [-0.3, -0.25) is 4.79 Å². The van der Waals surface area contributed by atoms with Crippen LogP contribution in [-0.2, 0) is 9.53 Å². The van der Waals surface area contributed by atoms with Gasteiger partial charge in [0.2, 0.25) is 0 Å². The predicted molar refractivity (Wildman–Crippen MR) is 76.5 cm³/mol. The molecule has 1 aromatic carbocycles. The van der Waals surface area contributed by atoms with Crippen LogP contribution in [0.1, 0.15) is 10.4 Å². The van der Waals surface area contributed by atoms with Gasteiger partial charge in [0.15, 0.2) is 6.10 Å². The molecule has 0 saturated heterocycles. The molecule has 1 atom stereocenters. The molecule has 6 nitrogen and oxygen atoms in total. The van der Waals surface area contributed by atoms with E-state index in [2.05, 4.69) is 5.32 Å². The Bertz CT molecular complexity index is 477. The lowest BCUT2D eigenvalue weighted by molar-refractivity contribution is -0.148. The summed E-state index contributed by atoms with van der Waals surface area (Å²) in [5.41, 5.74) is 0.460. The van der Waals surface area contributed by atoms with Crippen LogP contribution in [0.5, 0.6) is 5.75 Å². The minimum Gasteiger partial charge on any atom is -0.497 e. The van der Waals surface area contributed by atoms with E-state index in [0.29, 0.717) is 11.3 Å². The molecule has 2 N–H and O–H groups in total. The third kappa shape index (κ3) is 4.35. The fraction of sp³-hybridized carbons (Fsp3) is 0.333. The van der Waals surface area contributed by atoms with Crippen molar-refractivity contribution >= 4 is 34.5 Å². The first kappa shape index (κ1) is 15.7. The van der Waals surface area contributed by atoms with E-state index < -0.39 is 12.1 Å². The van der Waals surface area contributed by atoms with Crippen molar-refractivity contribution in [1.29, 1.82) is 0 Å². The van der Waals surface area contributed by atoms with Crippen LogP contribution in [0.25, 0.3) is 0 Å². The summed E-state index contributed by atoms with van der Waals surface area (Å²) in [5.74, 6) is -0.816. The number of ether oxygens (including phenoxy) is 2. The summed E-state index contributed by atoms with van der Waals surface area (Å²) in [5, 5.41) is 11.3. The first-order chi connectivity index (χ1) is 8.99. The van der Waals surface area contributed by atoms with Crippen LogP contribution < -0.4 is 10.1 Å². The van der Waals surface area contributed by atoms with Crippen molar-refractivity contribution in [2.24, 2.45) is 0 Å². The molecule has 1 unspecified atom stereocenters. The van der Waals surface area contributed by atoms with Crippen molar-refractivity contribution in [3.8, 4) is 5.75 Å². The topological polar surface area (TPSA) is 84.9 Å². The molecule has 7 heteroatoms. The summed E-state index contributed by atoms with van der Waals surface area (Å²) in [7, 11) is 2.82. The minimum absolute atomic E-state index is 0.0905. The van der Waals surface area contributed by atoms with Gasteiger partial charge in [-0.25, -0.2) is 4.79 Å². The maximum Gasteiger partial charge on any atom is 0.334 e. The average Bonchev–Trinajstić information content (AvgIpc) is 2.38. The maximum atomic E-state index is 11.9. The van der Waals surface area contributed by atoms with Crippen molar-refractivity contribution < 1.29 is 24.2 Å². The Kier molecular flexibility index (Phi) is 6.03. The Morgan fingerprint density at radius 1 is 1.42 bits per heavy atom. The molecule has 0 radical (unpaired) electrons. The summed E-state index contributed by atoms with van der Waals surface area (Å²) in [4.78, 5) is 22.6. The second kappa shape index (κ2) is 7.29. The van der Waals surface area contributed by atoms with Crippen LogP contribution in [0, 0.1) is 3.57 Å². The first-order valence-corrected chi connectivity index (χ1v) is 6.44. The van der Waals surface area contributed by atoms with Crippen LogP contribution in [0.3, 0.4) is 0 Å². The maximum absolute atomic E-state index is 11.9. The lowest BCUT2D eigenvalue weighted by Crippen LogP contribution is -2.38. The van der Waals surface area contributed by atoms with E-state index in [1.54, 1.807) is 25.3 Å². The van der Waals surface area contributed by atoms with Crippen molar-refractivity contribution in [3.63, 3.8) is 0 Å². The normalized spacial score (nSPS) is 11.7. The molecule has 19 heavy (non-hydrogen) atoms. The second-order valence-corrected chi connectivity index (χ2v) is 4.78. The molecule has 0 aliphatic carbocycles. The molecule has 0 fully saturated rings. The number of aliphatic carboxylic acids is 1. The highest BCUT2D eigenvalue weighted by Gasteiger charge is 2.18. The predicted octanol–water partition coefficient (Wildman–Crippen LogP) is 1.13. The molecule has 1 rings (SSSR count). The number of nitrogens with one attached hydrogen (secondary N) is 1. The standard InChI is InChI=1S/C12H14INO5/c1-18-7-3-4-8(9(13)5-7)11(15)14-6-10(19-2)12(16)17/h3-5,10H,6H2,1-2H3,(H,14,15)(H,16,17). The Morgan fingerprint density at radius 2 is 2.11 bits per heavy atom. The highest BCUT2D eigenvalue weighted by molar-refractivity contribution is 14.1. The smallest absolute Gasteiger partial charge is 0.334 e. The van der Waals surface area contributed by atoms with E-state index in [-0.39, 0.29) is 12.5 Å². The van der Waals surface area contributed by atoms with Crippen molar-refractivity contribution in [3.05, 3.63) is 27.3 Å². The molecule has 0 spiro atoms. The quantitative estimate of drug-likeness (QED) is 0.724. The number of hydrogen-bond acceptors (Lipinski definition) is 4. The lowest BCUT2D eigenvalue weighted by Gasteiger charge is -2.12. The fourth-order valence-electron chi connectivity index (χ4n) is 1.36. The number of carboxylic acids is 1. The van der Waals surface area contributed by atoms with Crippen LogP contribution in [0.4, 0.5) is 0 Å². The molecule has 0 bridgehead atoms. The van der Waals surface area contributed by atoms with Gasteiger partial charge in [0.05, 0.1) is 19.2 Å². The summed E-state index contributed by atoms with van der Waals surface area (Å²) in [6.45, 7) is -0.0905. The molecule has 0 saturated carbocycles. The van der Waals surface area contributed by atoms with Crippen molar-refractivity contribution in [1.82, 2.24) is 5.32 Å². The molecular formula is C12H14INO5. The first-order valence-electron chi connectivity index (χ1n) is 5.37. The monoisotopic (exact) mass is 379 g/mol. The largest absolute Gasteiger partial charge is 0.497 e. The van der Waals surface area contributed by atoms with E-state index in [9.17, 15) is 9.59 Å². The molecule has 0 aliphatic rings. The zero-order valence-electron chi connectivity index (χ0n) is 10.5. The van der Waals surface area contributed by atoms with E-state index in [1.165, 1.54) is 7.11 Å². The molecule has 0 heterocycles. The third-order valence-corrected chi connectivity index (χ3v) is 3.32. The van der Waals surface area contributed by atoms with E-state index in [1.807, 2.05) is 22.6 Å². The number of hydrogen-bond donors (Lipinski definition) is 2. The zero-order valence-corrected chi connectivity index (χ0v) is 12.6. The van der Waals surface area contributed by atoms with Crippen LogP contribution in [0.15, 0.2) is 18.2 Å². The number of carbonyl (C=O) groups is 2. The molecule has 1 aromatic rings. The van der Waals surface area contributed by atoms with Crippen LogP contribution in [0.2, 0.25) is 0 Å². The Labute approximate surface area is 124 Å². The fourth-order valence-corrected chi connectivity index (χ4v) is 2.09. The number of benzene rings is 1. The zero-order chi connectivity index (χ0) is 14.4. The van der Waals surface area contributed by atoms with Gasteiger partial charge in [0.1, 0.15) is 5.75 Å². The van der Waals surface area contributed by atoms with E-state index in [4.69, 9.17) is 14.6 Å². The number of methoxy groups -OCH3 is 2.